The van der Waals surface area contributed by atoms with Crippen LogP contribution in [0.1, 0.15) is 24.0 Å². The number of hydrogen-bond donors (Lipinski definition) is 1. The van der Waals surface area contributed by atoms with Crippen LogP contribution >= 0.6 is 0 Å². The summed E-state index contributed by atoms with van der Waals surface area (Å²) in [5.74, 6) is 0. The van der Waals surface area contributed by atoms with Crippen molar-refractivity contribution < 1.29 is 8.42 Å². The number of likely N-dealkylation sites (N-methyl/N-ethyl adjacent to an activating group) is 2. The predicted molar refractivity (Wildman–Crippen MR) is 85.8 cm³/mol. The van der Waals surface area contributed by atoms with E-state index >= 15 is 0 Å². The van der Waals surface area contributed by atoms with Crippen LogP contribution in [0.5, 0.6) is 0 Å². The van der Waals surface area contributed by atoms with E-state index in [0.29, 0.717) is 28.7 Å². The zero-order chi connectivity index (χ0) is 15.8. The zero-order valence-electron chi connectivity index (χ0n) is 13.3. The van der Waals surface area contributed by atoms with E-state index in [1.807, 2.05) is 14.0 Å². The third-order valence-electron chi connectivity index (χ3n) is 4.37. The zero-order valence-corrected chi connectivity index (χ0v) is 14.1. The van der Waals surface area contributed by atoms with Crippen LogP contribution in [0.2, 0.25) is 0 Å². The number of nitrogens with two attached hydrogens (primary N) is 1. The average Bonchev–Trinajstić information content (AvgIpc) is 2.79. The van der Waals surface area contributed by atoms with Crippen LogP contribution in [0.15, 0.2) is 17.0 Å². The fourth-order valence-electron chi connectivity index (χ4n) is 2.89. The Hall–Kier alpha value is -1.11. The Morgan fingerprint density at radius 2 is 2.05 bits per heavy atom. The number of hydrogen-bond acceptors (Lipinski definition) is 4. The molecule has 1 heterocycles. The van der Waals surface area contributed by atoms with Gasteiger partial charge in [-0.1, -0.05) is 0 Å². The molecular weight excluding hydrogens is 286 g/mol. The number of likely N-dealkylation sites (tertiary alicyclic amines) is 1. The van der Waals surface area contributed by atoms with E-state index in [9.17, 15) is 8.42 Å². The maximum atomic E-state index is 12.8. The van der Waals surface area contributed by atoms with Crippen LogP contribution in [0, 0.1) is 13.8 Å². The second-order valence-electron chi connectivity index (χ2n) is 6.04. The van der Waals surface area contributed by atoms with Crippen molar-refractivity contribution in [1.29, 1.82) is 0 Å². The lowest BCUT2D eigenvalue weighted by Gasteiger charge is -2.26. The molecule has 0 bridgehead atoms. The molecule has 5 nitrogen and oxygen atoms in total. The molecule has 1 saturated heterocycles. The quantitative estimate of drug-likeness (QED) is 0.858. The summed E-state index contributed by atoms with van der Waals surface area (Å²) >= 11 is 0. The highest BCUT2D eigenvalue weighted by Gasteiger charge is 2.29. The van der Waals surface area contributed by atoms with Gasteiger partial charge in [0.15, 0.2) is 0 Å². The minimum absolute atomic E-state index is 0.298. The summed E-state index contributed by atoms with van der Waals surface area (Å²) in [5.41, 5.74) is 7.94. The molecule has 0 spiro atoms. The summed E-state index contributed by atoms with van der Waals surface area (Å²) in [6.45, 7) is 5.18. The van der Waals surface area contributed by atoms with Crippen molar-refractivity contribution in [3.63, 3.8) is 0 Å². The summed E-state index contributed by atoms with van der Waals surface area (Å²) < 4.78 is 27.1. The molecule has 1 unspecified atom stereocenters. The molecule has 2 rings (SSSR count). The van der Waals surface area contributed by atoms with Crippen LogP contribution in [0.25, 0.3) is 0 Å². The van der Waals surface area contributed by atoms with Crippen molar-refractivity contribution in [2.45, 2.75) is 37.6 Å². The van der Waals surface area contributed by atoms with E-state index in [2.05, 4.69) is 4.90 Å². The highest BCUT2D eigenvalue weighted by atomic mass is 32.2. The Kier molecular flexibility index (Phi) is 4.60. The van der Waals surface area contributed by atoms with Gasteiger partial charge in [0.2, 0.25) is 10.0 Å². The SMILES string of the molecule is Cc1cc(N)c(C)c(S(=O)(=O)N(C)CC2CCCN2C)c1. The number of sulfonamides is 1. The van der Waals surface area contributed by atoms with Crippen molar-refractivity contribution in [2.75, 3.05) is 32.9 Å². The maximum Gasteiger partial charge on any atom is 0.243 e. The third kappa shape index (κ3) is 3.22. The summed E-state index contributed by atoms with van der Waals surface area (Å²) in [6.07, 6.45) is 2.18. The van der Waals surface area contributed by atoms with Crippen LogP contribution in [-0.4, -0.2) is 50.8 Å². The summed E-state index contributed by atoms with van der Waals surface area (Å²) in [5, 5.41) is 0. The molecular formula is C15H25N3O2S. The lowest BCUT2D eigenvalue weighted by molar-refractivity contribution is 0.271. The number of nitrogen functional groups attached to an aromatic ring is 1. The van der Waals surface area contributed by atoms with Crippen molar-refractivity contribution in [3.05, 3.63) is 23.3 Å². The monoisotopic (exact) mass is 311 g/mol. The number of rotatable bonds is 4. The van der Waals surface area contributed by atoms with Gasteiger partial charge in [0.05, 0.1) is 4.90 Å². The van der Waals surface area contributed by atoms with Crippen molar-refractivity contribution in [1.82, 2.24) is 9.21 Å². The first-order valence-corrected chi connectivity index (χ1v) is 8.71. The Morgan fingerprint density at radius 3 is 2.62 bits per heavy atom. The molecule has 1 aliphatic heterocycles. The van der Waals surface area contributed by atoms with Crippen LogP contribution in [0.3, 0.4) is 0 Å². The Bertz CT molecular complexity index is 628. The van der Waals surface area contributed by atoms with Gasteiger partial charge < -0.3 is 10.6 Å². The van der Waals surface area contributed by atoms with E-state index < -0.39 is 10.0 Å². The fraction of sp³-hybridized carbons (Fsp3) is 0.600. The highest BCUT2D eigenvalue weighted by molar-refractivity contribution is 7.89. The topological polar surface area (TPSA) is 66.6 Å². The molecule has 6 heteroatoms. The first-order chi connectivity index (χ1) is 9.73. The van der Waals surface area contributed by atoms with Crippen LogP contribution < -0.4 is 5.73 Å². The lowest BCUT2D eigenvalue weighted by atomic mass is 10.1. The summed E-state index contributed by atoms with van der Waals surface area (Å²) in [7, 11) is 0.203. The summed E-state index contributed by atoms with van der Waals surface area (Å²) in [6, 6.07) is 3.81. The van der Waals surface area contributed by atoms with Gasteiger partial charge in [-0.3, -0.25) is 0 Å². The third-order valence-corrected chi connectivity index (χ3v) is 6.32. The van der Waals surface area contributed by atoms with Gasteiger partial charge in [-0.2, -0.15) is 4.31 Å². The highest BCUT2D eigenvalue weighted by Crippen LogP contribution is 2.26. The van der Waals surface area contributed by atoms with Crippen LogP contribution in [-0.2, 0) is 10.0 Å². The first-order valence-electron chi connectivity index (χ1n) is 7.26. The molecule has 1 atom stereocenters. The van der Waals surface area contributed by atoms with E-state index in [1.54, 1.807) is 26.1 Å². The summed E-state index contributed by atoms with van der Waals surface area (Å²) in [4.78, 5) is 2.55. The molecule has 1 aromatic rings. The van der Waals surface area contributed by atoms with Crippen molar-refractivity contribution in [2.24, 2.45) is 0 Å². The lowest BCUT2D eigenvalue weighted by Crippen LogP contribution is -2.39. The van der Waals surface area contributed by atoms with Gasteiger partial charge in [-0.05, 0) is 63.5 Å². The van der Waals surface area contributed by atoms with E-state index in [1.165, 1.54) is 4.31 Å². The number of aryl methyl sites for hydroxylation is 1. The van der Waals surface area contributed by atoms with Gasteiger partial charge in [0.1, 0.15) is 0 Å². The first kappa shape index (κ1) is 16.3. The number of benzene rings is 1. The fourth-order valence-corrected chi connectivity index (χ4v) is 4.44. The van der Waals surface area contributed by atoms with Crippen molar-refractivity contribution in [3.8, 4) is 0 Å². The number of anilines is 1. The molecule has 0 aromatic heterocycles. The normalized spacial score (nSPS) is 20.3. The molecule has 1 aliphatic rings. The molecule has 118 valence electrons. The van der Waals surface area contributed by atoms with Gasteiger partial charge in [-0.25, -0.2) is 8.42 Å². The van der Waals surface area contributed by atoms with E-state index in [0.717, 1.165) is 24.9 Å². The van der Waals surface area contributed by atoms with Gasteiger partial charge in [0, 0.05) is 25.3 Å². The second-order valence-corrected chi connectivity index (χ2v) is 8.05. The Morgan fingerprint density at radius 1 is 1.38 bits per heavy atom. The molecule has 0 saturated carbocycles. The molecule has 1 fully saturated rings. The molecule has 21 heavy (non-hydrogen) atoms. The minimum Gasteiger partial charge on any atom is -0.398 e. The average molecular weight is 311 g/mol. The Labute approximate surface area is 127 Å². The maximum absolute atomic E-state index is 12.8. The van der Waals surface area contributed by atoms with E-state index in [-0.39, 0.29) is 0 Å². The molecule has 2 N–H and O–H groups in total. The van der Waals surface area contributed by atoms with Crippen molar-refractivity contribution >= 4 is 15.7 Å². The molecule has 0 radical (unpaired) electrons. The predicted octanol–water partition coefficient (Wildman–Crippen LogP) is 1.60. The molecule has 1 aromatic carbocycles. The smallest absolute Gasteiger partial charge is 0.243 e. The van der Waals surface area contributed by atoms with Gasteiger partial charge in [0.25, 0.3) is 0 Å². The Balaban J connectivity index is 2.29. The van der Waals surface area contributed by atoms with E-state index in [4.69, 9.17) is 5.73 Å². The molecule has 0 aliphatic carbocycles. The van der Waals surface area contributed by atoms with Crippen LogP contribution in [0.4, 0.5) is 5.69 Å². The largest absolute Gasteiger partial charge is 0.398 e. The van der Waals surface area contributed by atoms with Gasteiger partial charge in [-0.15, -0.1) is 0 Å². The number of nitrogens with zero attached hydrogens (tertiary/aromatic N) is 2. The second kappa shape index (κ2) is 5.94. The minimum atomic E-state index is -3.50. The molecule has 0 amide bonds. The standard InChI is InChI=1S/C15H25N3O2S/c1-11-8-14(16)12(2)15(9-11)21(19,20)18(4)10-13-6-5-7-17(13)3/h8-9,13H,5-7,10,16H2,1-4H3. The van der Waals surface area contributed by atoms with Gasteiger partial charge >= 0.3 is 0 Å².